The molecule has 0 atom stereocenters. The van der Waals surface area contributed by atoms with Crippen LogP contribution in [0, 0.1) is 0 Å². The normalized spacial score (nSPS) is 17.9. The molecule has 0 heterocycles. The second-order valence-electron chi connectivity index (χ2n) is 4.32. The maximum Gasteiger partial charge on any atom is -1.00 e. The van der Waals surface area contributed by atoms with Crippen LogP contribution in [0.5, 0.6) is 0 Å². The second kappa shape index (κ2) is 7.34. The van der Waals surface area contributed by atoms with Crippen molar-refractivity contribution in [3.63, 3.8) is 0 Å². The van der Waals surface area contributed by atoms with Gasteiger partial charge in [0.1, 0.15) is 0 Å². The Morgan fingerprint density at radius 1 is 1.18 bits per heavy atom. The van der Waals surface area contributed by atoms with Gasteiger partial charge in [-0.25, -0.2) is 0 Å². The molecular formula is C15H19ClZr. The van der Waals surface area contributed by atoms with Crippen molar-refractivity contribution in [2.24, 2.45) is 0 Å². The van der Waals surface area contributed by atoms with Gasteiger partial charge < -0.3 is 12.4 Å². The summed E-state index contributed by atoms with van der Waals surface area (Å²) in [5.41, 5.74) is 0. The van der Waals surface area contributed by atoms with Gasteiger partial charge in [0.25, 0.3) is 0 Å². The first-order valence-electron chi connectivity index (χ1n) is 6.09. The third-order valence-electron chi connectivity index (χ3n) is 3.09. The third-order valence-corrected chi connectivity index (χ3v) is 10.5. The molecule has 0 aliphatic heterocycles. The Kier molecular flexibility index (Phi) is 6.45. The fourth-order valence-corrected chi connectivity index (χ4v) is 9.77. The summed E-state index contributed by atoms with van der Waals surface area (Å²) in [5, 5.41) is 0. The Hall–Kier alpha value is -0.127. The summed E-state index contributed by atoms with van der Waals surface area (Å²) in [4.78, 5) is 0. The van der Waals surface area contributed by atoms with Crippen molar-refractivity contribution in [2.75, 3.05) is 0 Å². The van der Waals surface area contributed by atoms with E-state index in [9.17, 15) is 0 Å². The molecular weight excluding hydrogens is 307 g/mol. The molecule has 2 aliphatic carbocycles. The van der Waals surface area contributed by atoms with E-state index in [-0.39, 0.29) is 12.4 Å². The van der Waals surface area contributed by atoms with E-state index in [0.29, 0.717) is 0 Å². The predicted molar refractivity (Wildman–Crippen MR) is 67.7 cm³/mol. The van der Waals surface area contributed by atoms with Gasteiger partial charge in [-0.15, -0.1) is 0 Å². The summed E-state index contributed by atoms with van der Waals surface area (Å²) in [6.07, 6.45) is 19.9. The van der Waals surface area contributed by atoms with Crippen LogP contribution in [-0.2, 0) is 21.8 Å². The van der Waals surface area contributed by atoms with E-state index in [0.717, 1.165) is 0 Å². The average molecular weight is 326 g/mol. The zero-order chi connectivity index (χ0) is 11.4. The molecule has 0 radical (unpaired) electrons. The van der Waals surface area contributed by atoms with E-state index in [1.807, 2.05) is 0 Å². The van der Waals surface area contributed by atoms with Crippen LogP contribution >= 0.6 is 0 Å². The summed E-state index contributed by atoms with van der Waals surface area (Å²) < 4.78 is 5.20. The summed E-state index contributed by atoms with van der Waals surface area (Å²) in [5.74, 6) is 0. The van der Waals surface area contributed by atoms with Crippen LogP contribution < -0.4 is 12.4 Å². The molecule has 0 N–H and O–H groups in total. The Morgan fingerprint density at radius 3 is 2.06 bits per heavy atom. The van der Waals surface area contributed by atoms with Crippen molar-refractivity contribution in [1.29, 1.82) is 0 Å². The molecule has 0 bridgehead atoms. The molecule has 0 fully saturated rings. The first-order valence-corrected chi connectivity index (χ1v) is 9.78. The summed E-state index contributed by atoms with van der Waals surface area (Å²) in [6.45, 7) is 4.60. The molecule has 17 heavy (non-hydrogen) atoms. The molecule has 0 aromatic heterocycles. The maximum atomic E-state index is 2.45. The minimum Gasteiger partial charge on any atom is -1.00 e. The fraction of sp³-hybridized carbons (Fsp3) is 0.333. The molecule has 0 saturated heterocycles. The van der Waals surface area contributed by atoms with E-state index in [1.54, 1.807) is 9.84 Å². The number of rotatable bonds is 4. The summed E-state index contributed by atoms with van der Waals surface area (Å²) in [6, 6.07) is 0. The van der Waals surface area contributed by atoms with Crippen LogP contribution in [0.3, 0.4) is 0 Å². The molecule has 0 spiro atoms. The molecule has 0 amide bonds. The Bertz CT molecular complexity index is 381. The standard InChI is InChI=1S/2C5H5.C5H9.ClH.Zr/c2*1-2-4-5-3-1;1-3-5-4-2;;/h2*1-3H,4H2;5H,3H2,1-2H3;1H;/q;;;;+1/p-1. The van der Waals surface area contributed by atoms with Crippen LogP contribution in [0.15, 0.2) is 52.4 Å². The van der Waals surface area contributed by atoms with E-state index in [1.165, 1.54) is 19.3 Å². The number of allylic oxidation sites excluding steroid dienone is 10. The Morgan fingerprint density at radius 2 is 1.71 bits per heavy atom. The number of hydrogen-bond acceptors (Lipinski definition) is 0. The van der Waals surface area contributed by atoms with Crippen molar-refractivity contribution in [1.82, 2.24) is 0 Å². The molecule has 0 aromatic carbocycles. The molecule has 2 rings (SSSR count). The van der Waals surface area contributed by atoms with Crippen molar-refractivity contribution in [2.45, 2.75) is 33.1 Å². The van der Waals surface area contributed by atoms with Gasteiger partial charge in [0.15, 0.2) is 0 Å². The van der Waals surface area contributed by atoms with Gasteiger partial charge in [-0.05, 0) is 0 Å². The van der Waals surface area contributed by atoms with Crippen LogP contribution in [-0.4, -0.2) is 0 Å². The first kappa shape index (κ1) is 14.9. The zero-order valence-corrected chi connectivity index (χ0v) is 13.8. The van der Waals surface area contributed by atoms with E-state index < -0.39 is 21.8 Å². The SMILES string of the molecule is CC/C=[C](/C)[Zr+]([C]1=CC=CC1)[C]1=CC=CC1.[Cl-]. The van der Waals surface area contributed by atoms with E-state index in [4.69, 9.17) is 0 Å². The van der Waals surface area contributed by atoms with Gasteiger partial charge in [0.2, 0.25) is 0 Å². The van der Waals surface area contributed by atoms with E-state index in [2.05, 4.69) is 56.4 Å². The van der Waals surface area contributed by atoms with Crippen molar-refractivity contribution in [3.8, 4) is 0 Å². The molecule has 0 aromatic rings. The van der Waals surface area contributed by atoms with Crippen molar-refractivity contribution < 1.29 is 34.2 Å². The maximum absolute atomic E-state index is 2.45. The fourth-order valence-electron chi connectivity index (χ4n) is 2.39. The predicted octanol–water partition coefficient (Wildman–Crippen LogP) is 1.61. The van der Waals surface area contributed by atoms with Crippen LogP contribution in [0.2, 0.25) is 0 Å². The minimum atomic E-state index is -1.63. The molecule has 2 heteroatoms. The van der Waals surface area contributed by atoms with Crippen LogP contribution in [0.1, 0.15) is 33.1 Å². The van der Waals surface area contributed by atoms with Gasteiger partial charge in [-0.1, -0.05) is 0 Å². The molecule has 0 saturated carbocycles. The minimum absolute atomic E-state index is 0. The number of halogens is 1. The van der Waals surface area contributed by atoms with Gasteiger partial charge in [-0.2, -0.15) is 0 Å². The van der Waals surface area contributed by atoms with Gasteiger partial charge in [0, 0.05) is 0 Å². The monoisotopic (exact) mass is 324 g/mol. The van der Waals surface area contributed by atoms with Crippen LogP contribution in [0.4, 0.5) is 0 Å². The summed E-state index contributed by atoms with van der Waals surface area (Å²) in [7, 11) is 0. The molecule has 2 aliphatic rings. The largest absolute Gasteiger partial charge is 1.00 e. The third kappa shape index (κ3) is 3.66. The average Bonchev–Trinajstić information content (AvgIpc) is 2.91. The topological polar surface area (TPSA) is 0 Å². The quantitative estimate of drug-likeness (QED) is 0.736. The van der Waals surface area contributed by atoms with Crippen molar-refractivity contribution in [3.05, 3.63) is 52.4 Å². The summed E-state index contributed by atoms with van der Waals surface area (Å²) >= 11 is -1.63. The smallest absolute Gasteiger partial charge is 1.00 e. The van der Waals surface area contributed by atoms with Gasteiger partial charge in [-0.3, -0.25) is 0 Å². The zero-order valence-electron chi connectivity index (χ0n) is 10.5. The van der Waals surface area contributed by atoms with Crippen LogP contribution in [0.25, 0.3) is 0 Å². The Balaban J connectivity index is 0.00000144. The van der Waals surface area contributed by atoms with Crippen molar-refractivity contribution >= 4 is 0 Å². The first-order chi connectivity index (χ1) is 7.83. The number of hydrogen-bond donors (Lipinski definition) is 0. The van der Waals surface area contributed by atoms with E-state index >= 15 is 0 Å². The van der Waals surface area contributed by atoms with Gasteiger partial charge >= 0.3 is 107 Å². The second-order valence-corrected chi connectivity index (χ2v) is 11.3. The van der Waals surface area contributed by atoms with Gasteiger partial charge in [0.05, 0.1) is 0 Å². The molecule has 0 unspecified atom stereocenters. The molecule has 0 nitrogen and oxygen atoms in total. The Labute approximate surface area is 119 Å². The molecule has 90 valence electrons.